The van der Waals surface area contributed by atoms with E-state index in [1.807, 2.05) is 48.5 Å². The normalized spacial score (nSPS) is 11.9. The first-order chi connectivity index (χ1) is 9.16. The summed E-state index contributed by atoms with van der Waals surface area (Å²) in [6, 6.07) is 16.9. The summed E-state index contributed by atoms with van der Waals surface area (Å²) in [7, 11) is 0. The van der Waals surface area contributed by atoms with Crippen molar-refractivity contribution in [2.24, 2.45) is 0 Å². The number of aliphatic hydroxyl groups excluding tert-OH is 1. The monoisotopic (exact) mass is 255 g/mol. The van der Waals surface area contributed by atoms with E-state index in [0.717, 1.165) is 11.1 Å². The van der Waals surface area contributed by atoms with Crippen LogP contribution in [0.25, 0.3) is 0 Å². The van der Waals surface area contributed by atoms with Crippen LogP contribution in [0, 0.1) is 0 Å². The van der Waals surface area contributed by atoms with Crippen molar-refractivity contribution in [1.29, 1.82) is 0 Å². The number of benzene rings is 2. The number of carbonyl (C=O) groups is 1. The van der Waals surface area contributed by atoms with Crippen LogP contribution in [0.4, 0.5) is 5.69 Å². The molecule has 1 unspecified atom stereocenters. The van der Waals surface area contributed by atoms with E-state index in [-0.39, 0.29) is 5.91 Å². The van der Waals surface area contributed by atoms with E-state index in [9.17, 15) is 9.90 Å². The molecule has 0 aliphatic rings. The first-order valence-corrected chi connectivity index (χ1v) is 6.27. The molecule has 0 aromatic heterocycles. The zero-order chi connectivity index (χ0) is 13.7. The van der Waals surface area contributed by atoms with E-state index in [0.29, 0.717) is 12.1 Å². The van der Waals surface area contributed by atoms with Crippen LogP contribution in [-0.2, 0) is 11.2 Å². The highest BCUT2D eigenvalue weighted by molar-refractivity contribution is 5.93. The third-order valence-corrected chi connectivity index (χ3v) is 2.89. The van der Waals surface area contributed by atoms with Crippen LogP contribution in [0.15, 0.2) is 54.6 Å². The van der Waals surface area contributed by atoms with Gasteiger partial charge in [-0.05, 0) is 18.6 Å². The van der Waals surface area contributed by atoms with Crippen LogP contribution in [0.3, 0.4) is 0 Å². The number of hydrogen-bond acceptors (Lipinski definition) is 2. The summed E-state index contributed by atoms with van der Waals surface area (Å²) in [4.78, 5) is 12.0. The van der Waals surface area contributed by atoms with Gasteiger partial charge in [0, 0.05) is 11.3 Å². The number of nitrogens with one attached hydrogen (secondary N) is 1. The van der Waals surface area contributed by atoms with Gasteiger partial charge in [0.1, 0.15) is 0 Å². The van der Waals surface area contributed by atoms with Crippen molar-refractivity contribution in [2.75, 3.05) is 5.32 Å². The van der Waals surface area contributed by atoms with Crippen molar-refractivity contribution < 1.29 is 9.90 Å². The first kappa shape index (κ1) is 13.3. The maximum atomic E-state index is 12.0. The van der Waals surface area contributed by atoms with Crippen LogP contribution in [0.2, 0.25) is 0 Å². The maximum Gasteiger partial charge on any atom is 0.228 e. The molecule has 98 valence electrons. The van der Waals surface area contributed by atoms with Gasteiger partial charge < -0.3 is 10.4 Å². The Morgan fingerprint density at radius 3 is 2.42 bits per heavy atom. The minimum atomic E-state index is -0.603. The molecule has 0 saturated carbocycles. The van der Waals surface area contributed by atoms with E-state index in [4.69, 9.17) is 0 Å². The fourth-order valence-electron chi connectivity index (χ4n) is 1.95. The third kappa shape index (κ3) is 3.66. The molecule has 2 aromatic rings. The highest BCUT2D eigenvalue weighted by Gasteiger charge is 2.10. The molecule has 1 amide bonds. The van der Waals surface area contributed by atoms with Gasteiger partial charge in [-0.3, -0.25) is 4.79 Å². The fraction of sp³-hybridized carbons (Fsp3) is 0.188. The highest BCUT2D eigenvalue weighted by atomic mass is 16.3. The maximum absolute atomic E-state index is 12.0. The van der Waals surface area contributed by atoms with Gasteiger partial charge in [-0.1, -0.05) is 48.5 Å². The summed E-state index contributed by atoms with van der Waals surface area (Å²) >= 11 is 0. The standard InChI is InChI=1S/C16H17NO2/c1-12(18)14-9-5-6-10-15(14)17-16(19)11-13-7-3-2-4-8-13/h2-10,12,18H,11H2,1H3,(H,17,19). The van der Waals surface area contributed by atoms with Crippen LogP contribution in [0.1, 0.15) is 24.2 Å². The second kappa shape index (κ2) is 6.16. The zero-order valence-electron chi connectivity index (χ0n) is 10.8. The number of amides is 1. The fourth-order valence-corrected chi connectivity index (χ4v) is 1.95. The lowest BCUT2D eigenvalue weighted by atomic mass is 10.1. The largest absolute Gasteiger partial charge is 0.389 e. The van der Waals surface area contributed by atoms with Crippen LogP contribution >= 0.6 is 0 Å². The van der Waals surface area contributed by atoms with Crippen molar-refractivity contribution in [3.05, 3.63) is 65.7 Å². The minimum absolute atomic E-state index is 0.0840. The molecule has 0 spiro atoms. The Labute approximate surface area is 112 Å². The van der Waals surface area contributed by atoms with E-state index >= 15 is 0 Å². The number of aliphatic hydroxyl groups is 1. The predicted molar refractivity (Wildman–Crippen MR) is 75.9 cm³/mol. The third-order valence-electron chi connectivity index (χ3n) is 2.89. The Balaban J connectivity index is 2.07. The van der Waals surface area contributed by atoms with Gasteiger partial charge in [0.2, 0.25) is 5.91 Å². The molecular formula is C16H17NO2. The van der Waals surface area contributed by atoms with E-state index in [2.05, 4.69) is 5.32 Å². The lowest BCUT2D eigenvalue weighted by Crippen LogP contribution is -2.16. The summed E-state index contributed by atoms with van der Waals surface area (Å²) in [5.74, 6) is -0.0840. The van der Waals surface area contributed by atoms with E-state index < -0.39 is 6.10 Å². The zero-order valence-corrected chi connectivity index (χ0v) is 10.8. The van der Waals surface area contributed by atoms with Gasteiger partial charge in [-0.2, -0.15) is 0 Å². The van der Waals surface area contributed by atoms with Gasteiger partial charge in [-0.25, -0.2) is 0 Å². The molecule has 0 radical (unpaired) electrons. The van der Waals surface area contributed by atoms with Crippen molar-refractivity contribution in [2.45, 2.75) is 19.4 Å². The Morgan fingerprint density at radius 2 is 1.74 bits per heavy atom. The van der Waals surface area contributed by atoms with Crippen molar-refractivity contribution in [3.63, 3.8) is 0 Å². The highest BCUT2D eigenvalue weighted by Crippen LogP contribution is 2.22. The van der Waals surface area contributed by atoms with Gasteiger partial charge in [0.25, 0.3) is 0 Å². The molecule has 2 aromatic carbocycles. The van der Waals surface area contributed by atoms with Crippen LogP contribution < -0.4 is 5.32 Å². The van der Waals surface area contributed by atoms with Crippen LogP contribution in [-0.4, -0.2) is 11.0 Å². The number of hydrogen-bond donors (Lipinski definition) is 2. The molecule has 1 atom stereocenters. The second-order valence-corrected chi connectivity index (χ2v) is 4.47. The summed E-state index contributed by atoms with van der Waals surface area (Å²) in [5, 5.41) is 12.5. The number of anilines is 1. The molecule has 3 nitrogen and oxygen atoms in total. The number of carbonyl (C=O) groups excluding carboxylic acids is 1. The van der Waals surface area contributed by atoms with Gasteiger partial charge in [0.15, 0.2) is 0 Å². The van der Waals surface area contributed by atoms with Crippen molar-refractivity contribution in [3.8, 4) is 0 Å². The summed E-state index contributed by atoms with van der Waals surface area (Å²) in [6.07, 6.45) is -0.275. The van der Waals surface area contributed by atoms with Crippen molar-refractivity contribution >= 4 is 11.6 Å². The summed E-state index contributed by atoms with van der Waals surface area (Å²) < 4.78 is 0. The minimum Gasteiger partial charge on any atom is -0.389 e. The molecule has 0 fully saturated rings. The lowest BCUT2D eigenvalue weighted by molar-refractivity contribution is -0.115. The molecule has 3 heteroatoms. The van der Waals surface area contributed by atoms with Gasteiger partial charge in [-0.15, -0.1) is 0 Å². The topological polar surface area (TPSA) is 49.3 Å². The molecule has 2 rings (SSSR count). The average Bonchev–Trinajstić information content (AvgIpc) is 2.40. The van der Waals surface area contributed by atoms with Crippen molar-refractivity contribution in [1.82, 2.24) is 0 Å². The summed E-state index contributed by atoms with van der Waals surface area (Å²) in [6.45, 7) is 1.68. The van der Waals surface area contributed by atoms with Gasteiger partial charge in [0.05, 0.1) is 12.5 Å². The quantitative estimate of drug-likeness (QED) is 0.882. The molecule has 0 aliphatic heterocycles. The van der Waals surface area contributed by atoms with E-state index in [1.54, 1.807) is 13.0 Å². The number of rotatable bonds is 4. The lowest BCUT2D eigenvalue weighted by Gasteiger charge is -2.12. The molecule has 0 bridgehead atoms. The summed E-state index contributed by atoms with van der Waals surface area (Å²) in [5.41, 5.74) is 2.36. The first-order valence-electron chi connectivity index (χ1n) is 6.27. The molecular weight excluding hydrogens is 238 g/mol. The van der Waals surface area contributed by atoms with E-state index in [1.165, 1.54) is 0 Å². The Kier molecular flexibility index (Phi) is 4.31. The van der Waals surface area contributed by atoms with Gasteiger partial charge >= 0.3 is 0 Å². The molecule has 0 aliphatic carbocycles. The molecule has 2 N–H and O–H groups in total. The molecule has 0 heterocycles. The molecule has 19 heavy (non-hydrogen) atoms. The second-order valence-electron chi connectivity index (χ2n) is 4.47. The predicted octanol–water partition coefficient (Wildman–Crippen LogP) is 2.92. The number of para-hydroxylation sites is 1. The smallest absolute Gasteiger partial charge is 0.228 e. The Morgan fingerprint density at radius 1 is 1.11 bits per heavy atom. The SMILES string of the molecule is CC(O)c1ccccc1NC(=O)Cc1ccccc1. The molecule has 0 saturated heterocycles. The Bertz CT molecular complexity index is 550. The van der Waals surface area contributed by atoms with Crippen LogP contribution in [0.5, 0.6) is 0 Å². The Hall–Kier alpha value is -2.13. The average molecular weight is 255 g/mol.